The van der Waals surface area contributed by atoms with Crippen LogP contribution in [-0.4, -0.2) is 53.1 Å². The van der Waals surface area contributed by atoms with Gasteiger partial charge in [-0.05, 0) is 44.9 Å². The van der Waals surface area contributed by atoms with Crippen LogP contribution in [0, 0.1) is 6.92 Å². The van der Waals surface area contributed by atoms with E-state index in [4.69, 9.17) is 9.47 Å². The Morgan fingerprint density at radius 1 is 1.38 bits per heavy atom. The monoisotopic (exact) mass is 402 g/mol. The topological polar surface area (TPSA) is 106 Å². The smallest absolute Gasteiger partial charge is 0.191 e. The summed E-state index contributed by atoms with van der Waals surface area (Å²) in [4.78, 5) is 9.14. The third-order valence-electron chi connectivity index (χ3n) is 4.85. The highest BCUT2D eigenvalue weighted by Crippen LogP contribution is 2.29. The molecular weight excluding hydrogens is 372 g/mol. The van der Waals surface area contributed by atoms with Crippen LogP contribution in [0.1, 0.15) is 49.1 Å². The molecule has 0 radical (unpaired) electrons. The van der Waals surface area contributed by atoms with E-state index in [2.05, 4.69) is 25.7 Å². The second-order valence-corrected chi connectivity index (χ2v) is 6.92. The van der Waals surface area contributed by atoms with Gasteiger partial charge in [0.15, 0.2) is 5.96 Å². The first kappa shape index (κ1) is 20.9. The molecule has 158 valence electrons. The maximum atomic E-state index is 10.7. The number of nitrogens with zero attached hydrogens (tertiary/aromatic N) is 4. The van der Waals surface area contributed by atoms with Gasteiger partial charge < -0.3 is 25.2 Å². The van der Waals surface area contributed by atoms with Crippen LogP contribution in [0.25, 0.3) is 0 Å². The Kier molecular flexibility index (Phi) is 6.92. The minimum Gasteiger partial charge on any atom is -0.497 e. The molecule has 9 nitrogen and oxygen atoms in total. The van der Waals surface area contributed by atoms with E-state index in [9.17, 15) is 5.11 Å². The van der Waals surface area contributed by atoms with Gasteiger partial charge in [0.2, 0.25) is 0 Å². The van der Waals surface area contributed by atoms with Crippen LogP contribution >= 0.6 is 0 Å². The summed E-state index contributed by atoms with van der Waals surface area (Å²) in [6.07, 6.45) is 1.15. The zero-order chi connectivity index (χ0) is 20.8. The maximum absolute atomic E-state index is 10.7. The highest BCUT2D eigenvalue weighted by molar-refractivity contribution is 5.80. The Bertz CT molecular complexity index is 851. The van der Waals surface area contributed by atoms with Crippen molar-refractivity contribution in [2.45, 2.75) is 45.4 Å². The van der Waals surface area contributed by atoms with Crippen molar-refractivity contribution in [3.8, 4) is 11.5 Å². The van der Waals surface area contributed by atoms with Crippen LogP contribution in [0.15, 0.2) is 23.2 Å². The first-order valence-corrected chi connectivity index (χ1v) is 9.91. The lowest BCUT2D eigenvalue weighted by atomic mass is 10.1. The molecule has 3 N–H and O–H groups in total. The number of ether oxygens (including phenoxy) is 2. The Morgan fingerprint density at radius 3 is 2.93 bits per heavy atom. The number of aryl methyl sites for hydroxylation is 2. The number of aromatic nitrogens is 3. The summed E-state index contributed by atoms with van der Waals surface area (Å²) in [5.41, 5.74) is 0.638. The number of aliphatic imine (C=N–C) groups is 1. The molecule has 1 aliphatic rings. The summed E-state index contributed by atoms with van der Waals surface area (Å²) < 4.78 is 12.6. The van der Waals surface area contributed by atoms with E-state index >= 15 is 0 Å². The number of hydrogen-bond acceptors (Lipinski definition) is 6. The fraction of sp³-hybridized carbons (Fsp3) is 0.550. The molecule has 2 atom stereocenters. The molecule has 0 fully saturated rings. The number of fused-ring (bicyclic) bond motifs is 1. The lowest BCUT2D eigenvalue weighted by Crippen LogP contribution is -2.41. The molecule has 29 heavy (non-hydrogen) atoms. The molecule has 9 heteroatoms. The lowest BCUT2D eigenvalue weighted by molar-refractivity contribution is 0.182. The van der Waals surface area contributed by atoms with Crippen LogP contribution in [-0.2, 0) is 6.54 Å². The van der Waals surface area contributed by atoms with Gasteiger partial charge in [0.05, 0.1) is 26.8 Å². The molecule has 0 amide bonds. The van der Waals surface area contributed by atoms with Crippen molar-refractivity contribution in [1.82, 2.24) is 25.4 Å². The average molecular weight is 402 g/mol. The Labute approximate surface area is 171 Å². The van der Waals surface area contributed by atoms with Gasteiger partial charge in [-0.3, -0.25) is 4.99 Å². The third-order valence-corrected chi connectivity index (χ3v) is 4.85. The number of aliphatic hydroxyl groups is 1. The molecule has 2 unspecified atom stereocenters. The molecule has 0 spiro atoms. The number of guanidine groups is 1. The zero-order valence-electron chi connectivity index (χ0n) is 17.5. The van der Waals surface area contributed by atoms with Gasteiger partial charge in [-0.2, -0.15) is 5.10 Å². The average Bonchev–Trinajstić information content (AvgIpc) is 3.12. The van der Waals surface area contributed by atoms with E-state index in [-0.39, 0.29) is 12.6 Å². The minimum absolute atomic E-state index is 0.0336. The number of nitrogens with one attached hydrogen (secondary N) is 2. The molecule has 0 bridgehead atoms. The molecule has 0 aliphatic carbocycles. The number of benzene rings is 1. The Hall–Kier alpha value is -2.81. The van der Waals surface area contributed by atoms with Crippen molar-refractivity contribution in [1.29, 1.82) is 0 Å². The van der Waals surface area contributed by atoms with Gasteiger partial charge in [0, 0.05) is 18.7 Å². The van der Waals surface area contributed by atoms with Crippen molar-refractivity contribution in [3.63, 3.8) is 0 Å². The predicted octanol–water partition coefficient (Wildman–Crippen LogP) is 1.73. The maximum Gasteiger partial charge on any atom is 0.191 e. The van der Waals surface area contributed by atoms with Crippen LogP contribution in [0.4, 0.5) is 0 Å². The van der Waals surface area contributed by atoms with E-state index in [0.717, 1.165) is 31.0 Å². The molecule has 0 saturated heterocycles. The van der Waals surface area contributed by atoms with E-state index in [0.29, 0.717) is 29.6 Å². The number of hydrogen-bond donors (Lipinski definition) is 3. The fourth-order valence-corrected chi connectivity index (χ4v) is 3.47. The Morgan fingerprint density at radius 2 is 2.21 bits per heavy atom. The van der Waals surface area contributed by atoms with Crippen molar-refractivity contribution in [3.05, 3.63) is 35.4 Å². The quantitative estimate of drug-likeness (QED) is 0.478. The highest BCUT2D eigenvalue weighted by Gasteiger charge is 2.24. The van der Waals surface area contributed by atoms with Crippen LogP contribution in [0.3, 0.4) is 0 Å². The summed E-state index contributed by atoms with van der Waals surface area (Å²) in [7, 11) is 3.17. The summed E-state index contributed by atoms with van der Waals surface area (Å²) >= 11 is 0. The molecular formula is C20H30N6O3. The number of methoxy groups -OCH3 is 2. The van der Waals surface area contributed by atoms with Crippen molar-refractivity contribution in [2.75, 3.05) is 27.3 Å². The normalized spacial score (nSPS) is 17.4. The number of aliphatic hydroxyl groups excluding tert-OH is 1. The standard InChI is InChI=1S/C20H30N6O3/c1-5-21-20(24-16-7-6-10-26-19(16)23-13(2)25-26)22-12-17(27)15-11-14(28-3)8-9-18(15)29-4/h8-9,11,16-17,27H,5-7,10,12H2,1-4H3,(H2,21,22,24). The second kappa shape index (κ2) is 9.60. The zero-order valence-corrected chi connectivity index (χ0v) is 17.5. The molecule has 3 rings (SSSR count). The first-order valence-electron chi connectivity index (χ1n) is 9.91. The SMILES string of the molecule is CCNC(=NCC(O)c1cc(OC)ccc1OC)NC1CCCn2nc(C)nc21. The highest BCUT2D eigenvalue weighted by atomic mass is 16.5. The lowest BCUT2D eigenvalue weighted by Gasteiger charge is -2.25. The van der Waals surface area contributed by atoms with Gasteiger partial charge in [-0.1, -0.05) is 0 Å². The van der Waals surface area contributed by atoms with E-state index < -0.39 is 6.10 Å². The molecule has 0 saturated carbocycles. The van der Waals surface area contributed by atoms with Crippen LogP contribution < -0.4 is 20.1 Å². The molecule has 2 heterocycles. The van der Waals surface area contributed by atoms with Crippen molar-refractivity contribution in [2.24, 2.45) is 4.99 Å². The minimum atomic E-state index is -0.826. The number of rotatable bonds is 7. The molecule has 1 aromatic carbocycles. The molecule has 2 aromatic rings. The second-order valence-electron chi connectivity index (χ2n) is 6.92. The predicted molar refractivity (Wildman–Crippen MR) is 110 cm³/mol. The van der Waals surface area contributed by atoms with Crippen molar-refractivity contribution < 1.29 is 14.6 Å². The van der Waals surface area contributed by atoms with E-state index in [1.165, 1.54) is 0 Å². The van der Waals surface area contributed by atoms with E-state index in [1.54, 1.807) is 32.4 Å². The van der Waals surface area contributed by atoms with Gasteiger partial charge in [0.1, 0.15) is 29.3 Å². The summed E-state index contributed by atoms with van der Waals surface area (Å²) in [5, 5.41) is 21.8. The van der Waals surface area contributed by atoms with E-state index in [1.807, 2.05) is 18.5 Å². The largest absolute Gasteiger partial charge is 0.497 e. The molecule has 1 aromatic heterocycles. The van der Waals surface area contributed by atoms with Gasteiger partial charge in [-0.25, -0.2) is 9.67 Å². The van der Waals surface area contributed by atoms with Gasteiger partial charge in [-0.15, -0.1) is 0 Å². The van der Waals surface area contributed by atoms with Gasteiger partial charge >= 0.3 is 0 Å². The summed E-state index contributed by atoms with van der Waals surface area (Å²) in [5.74, 6) is 3.59. The summed E-state index contributed by atoms with van der Waals surface area (Å²) in [6, 6.07) is 5.38. The van der Waals surface area contributed by atoms with Crippen molar-refractivity contribution >= 4 is 5.96 Å². The first-order chi connectivity index (χ1) is 14.0. The third kappa shape index (κ3) is 4.97. The van der Waals surface area contributed by atoms with Crippen LogP contribution in [0.5, 0.6) is 11.5 Å². The van der Waals surface area contributed by atoms with Gasteiger partial charge in [0.25, 0.3) is 0 Å². The summed E-state index contributed by atoms with van der Waals surface area (Å²) in [6.45, 7) is 5.68. The fourth-order valence-electron chi connectivity index (χ4n) is 3.47. The molecule has 1 aliphatic heterocycles. The van der Waals surface area contributed by atoms with Crippen LogP contribution in [0.2, 0.25) is 0 Å². The Balaban J connectivity index is 1.75.